The number of hydrogen-bond donors (Lipinski definition) is 2. The lowest BCUT2D eigenvalue weighted by atomic mass is 10.2. The van der Waals surface area contributed by atoms with Crippen molar-refractivity contribution in [3.63, 3.8) is 0 Å². The maximum Gasteiger partial charge on any atom is 0.405 e. The van der Waals surface area contributed by atoms with Crippen molar-refractivity contribution in [1.82, 2.24) is 9.88 Å². The van der Waals surface area contributed by atoms with Crippen molar-refractivity contribution in [3.8, 4) is 0 Å². The fourth-order valence-corrected chi connectivity index (χ4v) is 1.21. The molecule has 5 nitrogen and oxygen atoms in total. The lowest BCUT2D eigenvalue weighted by Crippen LogP contribution is -2.38. The van der Waals surface area contributed by atoms with Gasteiger partial charge in [0.25, 0.3) is 5.56 Å². The van der Waals surface area contributed by atoms with E-state index in [2.05, 4.69) is 5.32 Å². The Kier molecular flexibility index (Phi) is 4.00. The summed E-state index contributed by atoms with van der Waals surface area (Å²) < 4.78 is 36.8. The second-order valence-electron chi connectivity index (χ2n) is 3.71. The number of halogens is 3. The highest BCUT2D eigenvalue weighted by Crippen LogP contribution is 2.12. The molecule has 2 N–H and O–H groups in total. The molecule has 0 saturated heterocycles. The number of alkyl halides is 3. The highest BCUT2D eigenvalue weighted by atomic mass is 19.4. The molecule has 18 heavy (non-hydrogen) atoms. The largest absolute Gasteiger partial charge is 0.405 e. The van der Waals surface area contributed by atoms with Gasteiger partial charge < -0.3 is 15.2 Å². The fourth-order valence-electron chi connectivity index (χ4n) is 1.21. The van der Waals surface area contributed by atoms with Gasteiger partial charge in [0, 0.05) is 13.2 Å². The number of anilines is 1. The van der Waals surface area contributed by atoms with Gasteiger partial charge in [-0.3, -0.25) is 4.79 Å². The fraction of sp³-hybridized carbons (Fsp3) is 0.400. The van der Waals surface area contributed by atoms with Crippen molar-refractivity contribution in [2.24, 2.45) is 7.05 Å². The van der Waals surface area contributed by atoms with Crippen LogP contribution in [0.5, 0.6) is 0 Å². The molecule has 0 radical (unpaired) electrons. The first-order valence-electron chi connectivity index (χ1n) is 4.98. The van der Waals surface area contributed by atoms with Gasteiger partial charge >= 0.3 is 12.2 Å². The molecule has 1 heterocycles. The summed E-state index contributed by atoms with van der Waals surface area (Å²) in [6, 6.07) is 0.500. The first kappa shape index (κ1) is 14.1. The van der Waals surface area contributed by atoms with Gasteiger partial charge in [-0.1, -0.05) is 0 Å². The molecule has 100 valence electrons. The molecule has 0 aromatic carbocycles. The van der Waals surface area contributed by atoms with Crippen LogP contribution in [0.4, 0.5) is 23.7 Å². The number of carbonyl (C=O) groups is 1. The summed E-state index contributed by atoms with van der Waals surface area (Å²) in [7, 11) is 1.47. The highest BCUT2D eigenvalue weighted by molar-refractivity contribution is 5.89. The molecule has 0 aliphatic heterocycles. The van der Waals surface area contributed by atoms with Crippen LogP contribution in [0.3, 0.4) is 0 Å². The van der Waals surface area contributed by atoms with Crippen LogP contribution in [0, 0.1) is 6.92 Å². The minimum Gasteiger partial charge on any atom is -0.329 e. The maximum absolute atomic E-state index is 11.9. The summed E-state index contributed by atoms with van der Waals surface area (Å²) >= 11 is 0. The zero-order valence-corrected chi connectivity index (χ0v) is 9.76. The molecule has 8 heteroatoms. The first-order chi connectivity index (χ1) is 8.20. The summed E-state index contributed by atoms with van der Waals surface area (Å²) in [5.74, 6) is 0. The van der Waals surface area contributed by atoms with Crippen LogP contribution < -0.4 is 16.2 Å². The lowest BCUT2D eigenvalue weighted by molar-refractivity contribution is -0.122. The SMILES string of the molecule is Cc1ccn(C)c(=O)c1NC(=O)NCC(F)(F)F. The number of aryl methyl sites for hydroxylation is 2. The zero-order chi connectivity index (χ0) is 13.9. The Labute approximate surface area is 101 Å². The summed E-state index contributed by atoms with van der Waals surface area (Å²) in [5.41, 5.74) is -0.0582. The maximum atomic E-state index is 11.9. The van der Waals surface area contributed by atoms with Crippen molar-refractivity contribution in [2.75, 3.05) is 11.9 Å². The van der Waals surface area contributed by atoms with Crippen molar-refractivity contribution in [1.29, 1.82) is 0 Å². The normalized spacial score (nSPS) is 11.2. The summed E-state index contributed by atoms with van der Waals surface area (Å²) in [5, 5.41) is 3.73. The van der Waals surface area contributed by atoms with Crippen LogP contribution >= 0.6 is 0 Å². The van der Waals surface area contributed by atoms with E-state index in [9.17, 15) is 22.8 Å². The van der Waals surface area contributed by atoms with Crippen molar-refractivity contribution in [3.05, 3.63) is 28.2 Å². The van der Waals surface area contributed by atoms with E-state index >= 15 is 0 Å². The third kappa shape index (κ3) is 3.79. The van der Waals surface area contributed by atoms with Crippen molar-refractivity contribution >= 4 is 11.7 Å². The van der Waals surface area contributed by atoms with Gasteiger partial charge in [0.15, 0.2) is 0 Å². The molecule has 0 spiro atoms. The van der Waals surface area contributed by atoms with Crippen LogP contribution in [-0.4, -0.2) is 23.3 Å². The summed E-state index contributed by atoms with van der Waals surface area (Å²) in [6.07, 6.45) is -3.00. The Balaban J connectivity index is 2.77. The quantitative estimate of drug-likeness (QED) is 0.846. The average molecular weight is 263 g/mol. The van der Waals surface area contributed by atoms with Gasteiger partial charge in [-0.25, -0.2) is 4.79 Å². The minimum atomic E-state index is -4.49. The second kappa shape index (κ2) is 5.11. The Morgan fingerprint density at radius 1 is 1.44 bits per heavy atom. The van der Waals surface area contributed by atoms with Gasteiger partial charge in [-0.05, 0) is 18.6 Å². The highest BCUT2D eigenvalue weighted by Gasteiger charge is 2.27. The van der Waals surface area contributed by atoms with E-state index in [1.165, 1.54) is 17.8 Å². The number of amides is 2. The molecule has 0 aliphatic rings. The zero-order valence-electron chi connectivity index (χ0n) is 9.76. The molecule has 1 aromatic rings. The van der Waals surface area contributed by atoms with Gasteiger partial charge in [0.05, 0.1) is 0 Å². The smallest absolute Gasteiger partial charge is 0.329 e. The Bertz CT molecular complexity index is 508. The predicted octanol–water partition coefficient (Wildman–Crippen LogP) is 1.38. The van der Waals surface area contributed by atoms with Crippen LogP contribution in [0.25, 0.3) is 0 Å². The number of nitrogens with one attached hydrogen (secondary N) is 2. The number of rotatable bonds is 2. The summed E-state index contributed by atoms with van der Waals surface area (Å²) in [6.45, 7) is 0.117. The van der Waals surface area contributed by atoms with Gasteiger partial charge in [0.2, 0.25) is 0 Å². The molecular weight excluding hydrogens is 251 g/mol. The molecule has 0 saturated carbocycles. The van der Waals surface area contributed by atoms with Crippen molar-refractivity contribution < 1.29 is 18.0 Å². The third-order valence-corrected chi connectivity index (χ3v) is 2.16. The summed E-state index contributed by atoms with van der Waals surface area (Å²) in [4.78, 5) is 22.8. The van der Waals surface area contributed by atoms with E-state index < -0.39 is 24.3 Å². The molecule has 0 aliphatic carbocycles. The van der Waals surface area contributed by atoms with Gasteiger partial charge in [-0.2, -0.15) is 13.2 Å². The third-order valence-electron chi connectivity index (χ3n) is 2.16. The van der Waals surface area contributed by atoms with Gasteiger partial charge in [-0.15, -0.1) is 0 Å². The molecule has 0 bridgehead atoms. The minimum absolute atomic E-state index is 0.0420. The number of pyridine rings is 1. The molecule has 0 unspecified atom stereocenters. The predicted molar refractivity (Wildman–Crippen MR) is 59.5 cm³/mol. The van der Waals surface area contributed by atoms with E-state index in [1.54, 1.807) is 18.3 Å². The standard InChI is InChI=1S/C10H12F3N3O2/c1-6-3-4-16(2)8(17)7(6)15-9(18)14-5-10(11,12)13/h3-4H,5H2,1-2H3,(H2,14,15,18). The Morgan fingerprint density at radius 2 is 2.06 bits per heavy atom. The lowest BCUT2D eigenvalue weighted by Gasteiger charge is -2.11. The average Bonchev–Trinajstić information content (AvgIpc) is 2.26. The number of nitrogens with zero attached hydrogens (tertiary/aromatic N) is 1. The van der Waals surface area contributed by atoms with E-state index in [4.69, 9.17) is 0 Å². The monoisotopic (exact) mass is 263 g/mol. The molecule has 0 fully saturated rings. The van der Waals surface area contributed by atoms with E-state index in [0.717, 1.165) is 0 Å². The van der Waals surface area contributed by atoms with E-state index in [0.29, 0.717) is 5.56 Å². The number of aromatic nitrogens is 1. The number of hydrogen-bond acceptors (Lipinski definition) is 2. The Morgan fingerprint density at radius 3 is 2.61 bits per heavy atom. The molecule has 1 aromatic heterocycles. The topological polar surface area (TPSA) is 63.1 Å². The molecule has 1 rings (SSSR count). The second-order valence-corrected chi connectivity index (χ2v) is 3.71. The van der Waals surface area contributed by atoms with E-state index in [-0.39, 0.29) is 5.69 Å². The van der Waals surface area contributed by atoms with E-state index in [1.807, 2.05) is 0 Å². The number of carbonyl (C=O) groups excluding carboxylic acids is 1. The van der Waals surface area contributed by atoms with Gasteiger partial charge in [0.1, 0.15) is 12.2 Å². The first-order valence-corrected chi connectivity index (χ1v) is 4.98. The van der Waals surface area contributed by atoms with Crippen LogP contribution in [0.2, 0.25) is 0 Å². The van der Waals surface area contributed by atoms with Crippen LogP contribution in [-0.2, 0) is 7.05 Å². The van der Waals surface area contributed by atoms with Crippen LogP contribution in [0.15, 0.2) is 17.1 Å². The molecule has 2 amide bonds. The van der Waals surface area contributed by atoms with Crippen molar-refractivity contribution in [2.45, 2.75) is 13.1 Å². The molecular formula is C10H12F3N3O2. The molecule has 0 atom stereocenters. The Hall–Kier alpha value is -1.99. The number of urea groups is 1. The van der Waals surface area contributed by atoms with Crippen LogP contribution in [0.1, 0.15) is 5.56 Å².